The Morgan fingerprint density at radius 2 is 1.95 bits per heavy atom. The number of alkyl halides is 3. The van der Waals surface area contributed by atoms with Gasteiger partial charge in [-0.1, -0.05) is 33.3 Å². The van der Waals surface area contributed by atoms with Crippen LogP contribution in [0.1, 0.15) is 44.7 Å². The molecule has 120 valence electrons. The molecule has 0 saturated carbocycles. The molecule has 1 rings (SSSR count). The summed E-state index contributed by atoms with van der Waals surface area (Å²) in [6, 6.07) is 4.67. The van der Waals surface area contributed by atoms with Gasteiger partial charge < -0.3 is 5.32 Å². The van der Waals surface area contributed by atoms with Gasteiger partial charge in [-0.05, 0) is 42.3 Å². The van der Waals surface area contributed by atoms with E-state index in [0.29, 0.717) is 22.9 Å². The summed E-state index contributed by atoms with van der Waals surface area (Å²) in [6.45, 7) is 7.45. The van der Waals surface area contributed by atoms with Crippen LogP contribution in [-0.4, -0.2) is 12.3 Å². The maximum absolute atomic E-state index is 13.2. The van der Waals surface area contributed by atoms with E-state index in [4.69, 9.17) is 0 Å². The second-order valence-electron chi connectivity index (χ2n) is 5.56. The van der Waals surface area contributed by atoms with Crippen LogP contribution in [0.5, 0.6) is 0 Å². The number of nitrogens with one attached hydrogen (secondary N) is 1. The molecule has 1 nitrogen and oxygen atoms in total. The van der Waals surface area contributed by atoms with Crippen LogP contribution in [0.4, 0.5) is 13.2 Å². The molecule has 0 amide bonds. The van der Waals surface area contributed by atoms with E-state index >= 15 is 0 Å². The zero-order chi connectivity index (χ0) is 15.9. The van der Waals surface area contributed by atoms with Gasteiger partial charge >= 0.3 is 6.18 Å². The molecule has 0 aliphatic heterocycles. The zero-order valence-electron chi connectivity index (χ0n) is 12.9. The fourth-order valence-electron chi connectivity index (χ4n) is 1.87. The molecule has 0 unspecified atom stereocenters. The highest BCUT2D eigenvalue weighted by Crippen LogP contribution is 2.37. The van der Waals surface area contributed by atoms with Gasteiger partial charge in [0, 0.05) is 11.4 Å². The Kier molecular flexibility index (Phi) is 7.60. The molecule has 1 aromatic carbocycles. The predicted octanol–water partition coefficient (Wildman–Crippen LogP) is 5.34. The minimum absolute atomic E-state index is 0.337. The summed E-state index contributed by atoms with van der Waals surface area (Å²) in [6.07, 6.45) is -2.37. The van der Waals surface area contributed by atoms with Crippen molar-refractivity contribution in [1.29, 1.82) is 0 Å². The van der Waals surface area contributed by atoms with Crippen molar-refractivity contribution in [2.75, 3.05) is 12.3 Å². The van der Waals surface area contributed by atoms with Crippen LogP contribution in [0, 0.1) is 5.92 Å². The Morgan fingerprint density at radius 3 is 2.52 bits per heavy atom. The highest BCUT2D eigenvalue weighted by molar-refractivity contribution is 7.99. The van der Waals surface area contributed by atoms with Gasteiger partial charge in [-0.3, -0.25) is 0 Å². The summed E-state index contributed by atoms with van der Waals surface area (Å²) in [5.74, 6) is 1.21. The third-order valence-corrected chi connectivity index (χ3v) is 4.15. The van der Waals surface area contributed by atoms with E-state index < -0.39 is 11.7 Å². The van der Waals surface area contributed by atoms with Gasteiger partial charge in [-0.15, -0.1) is 11.8 Å². The van der Waals surface area contributed by atoms with Crippen LogP contribution < -0.4 is 5.32 Å². The lowest BCUT2D eigenvalue weighted by Crippen LogP contribution is -2.19. The molecule has 0 saturated heterocycles. The van der Waals surface area contributed by atoms with Crippen molar-refractivity contribution in [3.63, 3.8) is 0 Å². The van der Waals surface area contributed by atoms with Crippen molar-refractivity contribution in [2.24, 2.45) is 5.92 Å². The lowest BCUT2D eigenvalue weighted by atomic mass is 10.1. The van der Waals surface area contributed by atoms with Crippen molar-refractivity contribution >= 4 is 11.8 Å². The van der Waals surface area contributed by atoms with Gasteiger partial charge in [0.15, 0.2) is 0 Å². The van der Waals surface area contributed by atoms with Crippen molar-refractivity contribution in [1.82, 2.24) is 5.32 Å². The molecule has 0 radical (unpaired) electrons. The molecule has 0 bridgehead atoms. The van der Waals surface area contributed by atoms with E-state index in [1.807, 2.05) is 6.92 Å². The molecule has 1 aromatic rings. The molecule has 1 N–H and O–H groups in total. The number of rotatable bonds is 8. The Hall–Kier alpha value is -0.680. The summed E-state index contributed by atoms with van der Waals surface area (Å²) >= 11 is 1.30. The molecule has 21 heavy (non-hydrogen) atoms. The van der Waals surface area contributed by atoms with Crippen LogP contribution in [0.25, 0.3) is 0 Å². The van der Waals surface area contributed by atoms with Crippen LogP contribution in [0.15, 0.2) is 23.1 Å². The summed E-state index contributed by atoms with van der Waals surface area (Å²) in [7, 11) is 0. The first kappa shape index (κ1) is 18.4. The summed E-state index contributed by atoms with van der Waals surface area (Å²) in [4.78, 5) is 0.337. The van der Waals surface area contributed by atoms with Gasteiger partial charge in [0.1, 0.15) is 0 Å². The van der Waals surface area contributed by atoms with Crippen LogP contribution >= 0.6 is 11.8 Å². The molecular weight excluding hydrogens is 295 g/mol. The average molecular weight is 319 g/mol. The standard InChI is InChI=1S/C16H24F3NS/c1-4-5-8-21-15-7-6-13(11-20-10-12(2)3)9-14(15)16(17,18)19/h6-7,9,12,20H,4-5,8,10-11H2,1-3H3. The van der Waals surface area contributed by atoms with E-state index in [9.17, 15) is 13.2 Å². The monoisotopic (exact) mass is 319 g/mol. The molecule has 0 spiro atoms. The summed E-state index contributed by atoms with van der Waals surface area (Å²) in [5.41, 5.74) is 0.176. The molecule has 0 fully saturated rings. The number of hydrogen-bond donors (Lipinski definition) is 1. The number of hydrogen-bond acceptors (Lipinski definition) is 2. The van der Waals surface area contributed by atoms with Gasteiger partial charge in [0.25, 0.3) is 0 Å². The van der Waals surface area contributed by atoms with Crippen molar-refractivity contribution in [2.45, 2.75) is 51.2 Å². The number of benzene rings is 1. The minimum atomic E-state index is -4.29. The molecule has 0 heterocycles. The highest BCUT2D eigenvalue weighted by atomic mass is 32.2. The first-order valence-electron chi connectivity index (χ1n) is 7.38. The third kappa shape index (κ3) is 6.74. The number of thioether (sulfide) groups is 1. The van der Waals surface area contributed by atoms with Gasteiger partial charge in [-0.25, -0.2) is 0 Å². The van der Waals surface area contributed by atoms with E-state index in [-0.39, 0.29) is 0 Å². The second-order valence-corrected chi connectivity index (χ2v) is 6.69. The maximum atomic E-state index is 13.2. The third-order valence-electron chi connectivity index (χ3n) is 2.99. The lowest BCUT2D eigenvalue weighted by Gasteiger charge is -2.15. The number of unbranched alkanes of at least 4 members (excludes halogenated alkanes) is 1. The highest BCUT2D eigenvalue weighted by Gasteiger charge is 2.33. The van der Waals surface area contributed by atoms with Gasteiger partial charge in [-0.2, -0.15) is 13.2 Å². The van der Waals surface area contributed by atoms with Crippen LogP contribution in [0.2, 0.25) is 0 Å². The zero-order valence-corrected chi connectivity index (χ0v) is 13.7. The average Bonchev–Trinajstić information content (AvgIpc) is 2.38. The second kappa shape index (κ2) is 8.69. The lowest BCUT2D eigenvalue weighted by molar-refractivity contribution is -0.139. The van der Waals surface area contributed by atoms with Crippen molar-refractivity contribution < 1.29 is 13.2 Å². The fourth-order valence-corrected chi connectivity index (χ4v) is 3.01. The SMILES string of the molecule is CCCCSc1ccc(CNCC(C)C)cc1C(F)(F)F. The minimum Gasteiger partial charge on any atom is -0.312 e. The molecule has 0 aliphatic rings. The Bertz CT molecular complexity index is 430. The van der Waals surface area contributed by atoms with E-state index in [1.165, 1.54) is 17.8 Å². The fraction of sp³-hybridized carbons (Fsp3) is 0.625. The predicted molar refractivity (Wildman–Crippen MR) is 83.6 cm³/mol. The molecule has 5 heteroatoms. The molecule has 0 atom stereocenters. The molecular formula is C16H24F3NS. The Balaban J connectivity index is 2.81. The van der Waals surface area contributed by atoms with Crippen molar-refractivity contribution in [3.05, 3.63) is 29.3 Å². The number of halogens is 3. The quantitative estimate of drug-likeness (QED) is 0.512. The largest absolute Gasteiger partial charge is 0.417 e. The topological polar surface area (TPSA) is 12.0 Å². The Morgan fingerprint density at radius 1 is 1.24 bits per heavy atom. The van der Waals surface area contributed by atoms with Crippen LogP contribution in [0.3, 0.4) is 0 Å². The maximum Gasteiger partial charge on any atom is 0.417 e. The van der Waals surface area contributed by atoms with Crippen LogP contribution in [-0.2, 0) is 12.7 Å². The smallest absolute Gasteiger partial charge is 0.312 e. The first-order valence-corrected chi connectivity index (χ1v) is 8.36. The van der Waals surface area contributed by atoms with Crippen molar-refractivity contribution in [3.8, 4) is 0 Å². The van der Waals surface area contributed by atoms with E-state index in [0.717, 1.165) is 25.1 Å². The van der Waals surface area contributed by atoms with Gasteiger partial charge in [0.05, 0.1) is 5.56 Å². The molecule has 0 aromatic heterocycles. The Labute approximate surface area is 129 Å². The summed E-state index contributed by atoms with van der Waals surface area (Å²) in [5, 5.41) is 3.18. The first-order chi connectivity index (χ1) is 9.84. The summed E-state index contributed by atoms with van der Waals surface area (Å²) < 4.78 is 39.5. The van der Waals surface area contributed by atoms with Gasteiger partial charge in [0.2, 0.25) is 0 Å². The van der Waals surface area contributed by atoms with E-state index in [1.54, 1.807) is 12.1 Å². The van der Waals surface area contributed by atoms with E-state index in [2.05, 4.69) is 19.2 Å². The normalized spacial score (nSPS) is 12.1. The molecule has 0 aliphatic carbocycles.